The number of likely N-dealkylation sites (tertiary alicyclic amines) is 1. The van der Waals surface area contributed by atoms with Crippen LogP contribution in [-0.4, -0.2) is 23.9 Å². The lowest BCUT2D eigenvalue weighted by Gasteiger charge is -2.13. The number of ether oxygens (including phenoxy) is 1. The van der Waals surface area contributed by atoms with Crippen molar-refractivity contribution in [3.05, 3.63) is 51.7 Å². The normalized spacial score (nSPS) is 14.4. The van der Waals surface area contributed by atoms with Crippen LogP contribution < -0.4 is 4.74 Å². The first-order valence-electron chi connectivity index (χ1n) is 7.28. The van der Waals surface area contributed by atoms with Crippen molar-refractivity contribution in [1.82, 2.24) is 4.90 Å². The van der Waals surface area contributed by atoms with Crippen LogP contribution in [-0.2, 0) is 6.61 Å². The number of benzene rings is 1. The zero-order valence-electron chi connectivity index (χ0n) is 12.2. The van der Waals surface area contributed by atoms with Gasteiger partial charge < -0.3 is 9.64 Å². The Morgan fingerprint density at radius 3 is 2.86 bits per heavy atom. The van der Waals surface area contributed by atoms with Gasteiger partial charge in [-0.25, -0.2) is 0 Å². The van der Waals surface area contributed by atoms with E-state index in [2.05, 4.69) is 0 Å². The largest absolute Gasteiger partial charge is 0.489 e. The summed E-state index contributed by atoms with van der Waals surface area (Å²) in [5.41, 5.74) is 2.24. The maximum Gasteiger partial charge on any atom is 0.263 e. The van der Waals surface area contributed by atoms with E-state index >= 15 is 0 Å². The number of hydrogen-bond donors (Lipinski definition) is 0. The van der Waals surface area contributed by atoms with Crippen LogP contribution in [0.4, 0.5) is 0 Å². The fraction of sp³-hybridized carbons (Fsp3) is 0.353. The Kier molecular flexibility index (Phi) is 4.25. The number of nitrogens with zero attached hydrogens (tertiary/aromatic N) is 1. The van der Waals surface area contributed by atoms with E-state index in [-0.39, 0.29) is 5.91 Å². The van der Waals surface area contributed by atoms with Crippen molar-refractivity contribution in [1.29, 1.82) is 0 Å². The van der Waals surface area contributed by atoms with Gasteiger partial charge in [0.2, 0.25) is 0 Å². The van der Waals surface area contributed by atoms with E-state index in [0.717, 1.165) is 42.1 Å². The third kappa shape index (κ3) is 3.45. The highest BCUT2D eigenvalue weighted by molar-refractivity contribution is 7.12. The van der Waals surface area contributed by atoms with Crippen LogP contribution in [0.25, 0.3) is 0 Å². The van der Waals surface area contributed by atoms with Gasteiger partial charge in [0.15, 0.2) is 0 Å². The first-order valence-corrected chi connectivity index (χ1v) is 8.16. The molecule has 1 amide bonds. The molecule has 3 rings (SSSR count). The zero-order chi connectivity index (χ0) is 14.7. The lowest BCUT2D eigenvalue weighted by Crippen LogP contribution is -2.26. The Morgan fingerprint density at radius 2 is 2.10 bits per heavy atom. The molecule has 3 nitrogen and oxygen atoms in total. The van der Waals surface area contributed by atoms with Gasteiger partial charge in [-0.05, 0) is 48.9 Å². The van der Waals surface area contributed by atoms with Gasteiger partial charge in [0.05, 0.1) is 4.88 Å². The van der Waals surface area contributed by atoms with Crippen LogP contribution in [0.3, 0.4) is 0 Å². The Hall–Kier alpha value is -1.81. The summed E-state index contributed by atoms with van der Waals surface area (Å²) in [5, 5.41) is 2.01. The van der Waals surface area contributed by atoms with Gasteiger partial charge in [-0.15, -0.1) is 11.3 Å². The number of carbonyl (C=O) groups excluding carboxylic acids is 1. The van der Waals surface area contributed by atoms with E-state index < -0.39 is 0 Å². The standard InChI is InChI=1S/C17H19NO2S/c1-13-5-4-6-15(9-13)20-11-14-10-16(21-12-14)17(19)18-7-2-3-8-18/h4-6,9-10,12H,2-3,7-8,11H2,1H3. The minimum atomic E-state index is 0.166. The summed E-state index contributed by atoms with van der Waals surface area (Å²) in [5.74, 6) is 1.04. The summed E-state index contributed by atoms with van der Waals surface area (Å²) in [6, 6.07) is 9.96. The molecule has 0 radical (unpaired) electrons. The molecule has 0 N–H and O–H groups in total. The van der Waals surface area contributed by atoms with Crippen molar-refractivity contribution in [2.24, 2.45) is 0 Å². The Bertz CT molecular complexity index is 629. The van der Waals surface area contributed by atoms with E-state index in [0.29, 0.717) is 6.61 Å². The minimum absolute atomic E-state index is 0.166. The molecule has 1 aliphatic heterocycles. The van der Waals surface area contributed by atoms with Gasteiger partial charge in [0.25, 0.3) is 5.91 Å². The minimum Gasteiger partial charge on any atom is -0.489 e. The van der Waals surface area contributed by atoms with Crippen molar-refractivity contribution in [3.63, 3.8) is 0 Å². The fourth-order valence-corrected chi connectivity index (χ4v) is 3.38. The molecule has 2 aromatic rings. The Morgan fingerprint density at radius 1 is 1.29 bits per heavy atom. The van der Waals surface area contributed by atoms with Gasteiger partial charge in [-0.1, -0.05) is 12.1 Å². The summed E-state index contributed by atoms with van der Waals surface area (Å²) in [6.07, 6.45) is 2.25. The molecule has 4 heteroatoms. The third-order valence-corrected chi connectivity index (χ3v) is 4.62. The van der Waals surface area contributed by atoms with Crippen molar-refractivity contribution in [3.8, 4) is 5.75 Å². The number of thiophene rings is 1. The lowest BCUT2D eigenvalue weighted by molar-refractivity contribution is 0.0797. The Balaban J connectivity index is 1.61. The van der Waals surface area contributed by atoms with Crippen LogP contribution in [0.15, 0.2) is 35.7 Å². The molecule has 2 heterocycles. The number of hydrogen-bond acceptors (Lipinski definition) is 3. The summed E-state index contributed by atoms with van der Waals surface area (Å²) in [7, 11) is 0. The molecular weight excluding hydrogens is 282 g/mol. The van der Waals surface area contributed by atoms with E-state index in [1.165, 1.54) is 16.9 Å². The smallest absolute Gasteiger partial charge is 0.263 e. The maximum absolute atomic E-state index is 12.3. The van der Waals surface area contributed by atoms with E-state index in [9.17, 15) is 4.79 Å². The van der Waals surface area contributed by atoms with Crippen LogP contribution in [0, 0.1) is 6.92 Å². The lowest BCUT2D eigenvalue weighted by atomic mass is 10.2. The van der Waals surface area contributed by atoms with Gasteiger partial charge in [0, 0.05) is 18.7 Å². The van der Waals surface area contributed by atoms with Crippen molar-refractivity contribution in [2.75, 3.05) is 13.1 Å². The molecule has 1 aliphatic rings. The molecule has 1 aromatic carbocycles. The molecule has 0 unspecified atom stereocenters. The number of amides is 1. The Labute approximate surface area is 129 Å². The van der Waals surface area contributed by atoms with Gasteiger partial charge in [0.1, 0.15) is 12.4 Å². The van der Waals surface area contributed by atoms with Crippen LogP contribution in [0.5, 0.6) is 5.75 Å². The van der Waals surface area contributed by atoms with Crippen LogP contribution in [0.2, 0.25) is 0 Å². The first-order chi connectivity index (χ1) is 10.2. The predicted octanol–water partition coefficient (Wildman–Crippen LogP) is 3.87. The van der Waals surface area contributed by atoms with E-state index in [1.807, 2.05) is 47.5 Å². The molecule has 21 heavy (non-hydrogen) atoms. The zero-order valence-corrected chi connectivity index (χ0v) is 13.0. The second kappa shape index (κ2) is 6.31. The summed E-state index contributed by atoms with van der Waals surface area (Å²) in [4.78, 5) is 15.0. The van der Waals surface area contributed by atoms with Crippen LogP contribution in [0.1, 0.15) is 33.6 Å². The molecule has 0 saturated carbocycles. The number of aryl methyl sites for hydroxylation is 1. The average Bonchev–Trinajstić information content (AvgIpc) is 3.16. The van der Waals surface area contributed by atoms with E-state index in [1.54, 1.807) is 0 Å². The van der Waals surface area contributed by atoms with Crippen molar-refractivity contribution in [2.45, 2.75) is 26.4 Å². The monoisotopic (exact) mass is 301 g/mol. The van der Waals surface area contributed by atoms with Crippen molar-refractivity contribution >= 4 is 17.2 Å². The summed E-state index contributed by atoms with van der Waals surface area (Å²) >= 11 is 1.51. The van der Waals surface area contributed by atoms with Crippen molar-refractivity contribution < 1.29 is 9.53 Å². The molecule has 0 bridgehead atoms. The number of carbonyl (C=O) groups is 1. The predicted molar refractivity (Wildman–Crippen MR) is 85.0 cm³/mol. The molecule has 0 aliphatic carbocycles. The average molecular weight is 301 g/mol. The van der Waals surface area contributed by atoms with E-state index in [4.69, 9.17) is 4.74 Å². The number of rotatable bonds is 4. The van der Waals surface area contributed by atoms with Crippen LogP contribution >= 0.6 is 11.3 Å². The molecule has 1 saturated heterocycles. The highest BCUT2D eigenvalue weighted by Crippen LogP contribution is 2.21. The second-order valence-electron chi connectivity index (χ2n) is 5.42. The molecule has 1 aromatic heterocycles. The highest BCUT2D eigenvalue weighted by Gasteiger charge is 2.20. The third-order valence-electron chi connectivity index (χ3n) is 3.65. The molecule has 1 fully saturated rings. The fourth-order valence-electron chi connectivity index (χ4n) is 2.51. The summed E-state index contributed by atoms with van der Waals surface area (Å²) in [6.45, 7) is 4.34. The first kappa shape index (κ1) is 14.1. The quantitative estimate of drug-likeness (QED) is 0.858. The molecule has 0 atom stereocenters. The topological polar surface area (TPSA) is 29.5 Å². The molecular formula is C17H19NO2S. The van der Waals surface area contributed by atoms with Gasteiger partial charge in [-0.2, -0.15) is 0 Å². The van der Waals surface area contributed by atoms with Gasteiger partial charge in [-0.3, -0.25) is 4.79 Å². The summed E-state index contributed by atoms with van der Waals surface area (Å²) < 4.78 is 5.77. The highest BCUT2D eigenvalue weighted by atomic mass is 32.1. The maximum atomic E-state index is 12.3. The SMILES string of the molecule is Cc1cccc(OCc2csc(C(=O)N3CCCC3)c2)c1. The molecule has 0 spiro atoms. The molecule has 110 valence electrons. The van der Waals surface area contributed by atoms with Gasteiger partial charge >= 0.3 is 0 Å². The second-order valence-corrected chi connectivity index (χ2v) is 6.33.